The molecule has 0 fully saturated rings. The van der Waals surface area contributed by atoms with Gasteiger partial charge in [-0.05, 0) is 54.6 Å². The Morgan fingerprint density at radius 2 is 1.33 bits per heavy atom. The standard InChI is InChI=1S/C36H24N6O/c1-2-3-10-24-23-41(25-11-8-19-37-21-25)31-17-6-14-28(33(24)31)35-39-40-36(43-35)29-15-7-18-32-34(29)27-13-4-5-16-30(27)42(32)26-12-9-20-38-22-26/h2-23H,1H2/b10-3-. The van der Waals surface area contributed by atoms with E-state index in [1.165, 1.54) is 0 Å². The molecule has 5 heterocycles. The van der Waals surface area contributed by atoms with Crippen LogP contribution in [0.25, 0.3) is 73.1 Å². The number of hydrogen-bond donors (Lipinski definition) is 0. The summed E-state index contributed by atoms with van der Waals surface area (Å²) in [5.74, 6) is 0.910. The molecule has 0 amide bonds. The van der Waals surface area contributed by atoms with Crippen molar-refractivity contribution in [1.82, 2.24) is 29.3 Å². The van der Waals surface area contributed by atoms with Crippen molar-refractivity contribution in [2.45, 2.75) is 0 Å². The minimum atomic E-state index is 0.450. The fraction of sp³-hybridized carbons (Fsp3) is 0. The van der Waals surface area contributed by atoms with Gasteiger partial charge in [-0.15, -0.1) is 10.2 Å². The quantitative estimate of drug-likeness (QED) is 0.192. The monoisotopic (exact) mass is 556 g/mol. The zero-order chi connectivity index (χ0) is 28.8. The maximum atomic E-state index is 6.50. The molecule has 0 bridgehead atoms. The van der Waals surface area contributed by atoms with Crippen molar-refractivity contribution in [2.24, 2.45) is 0 Å². The van der Waals surface area contributed by atoms with Gasteiger partial charge in [-0.1, -0.05) is 55.1 Å². The number of allylic oxidation sites excluding steroid dienone is 2. The zero-order valence-corrected chi connectivity index (χ0v) is 23.0. The van der Waals surface area contributed by atoms with Gasteiger partial charge in [-0.2, -0.15) is 0 Å². The van der Waals surface area contributed by atoms with Gasteiger partial charge in [0.15, 0.2) is 0 Å². The average Bonchev–Trinajstić information content (AvgIpc) is 3.79. The van der Waals surface area contributed by atoms with E-state index in [1.54, 1.807) is 18.5 Å². The molecule has 0 aliphatic carbocycles. The lowest BCUT2D eigenvalue weighted by Crippen LogP contribution is -1.93. The summed E-state index contributed by atoms with van der Waals surface area (Å²) in [5, 5.41) is 12.3. The summed E-state index contributed by atoms with van der Waals surface area (Å²) in [6.45, 7) is 3.86. The molecule has 0 aliphatic rings. The second-order valence-electron chi connectivity index (χ2n) is 10.1. The molecule has 5 aromatic heterocycles. The van der Waals surface area contributed by atoms with E-state index in [-0.39, 0.29) is 0 Å². The topological polar surface area (TPSA) is 74.6 Å². The van der Waals surface area contributed by atoms with Crippen molar-refractivity contribution in [2.75, 3.05) is 0 Å². The summed E-state index contributed by atoms with van der Waals surface area (Å²) in [6, 6.07) is 28.6. The maximum Gasteiger partial charge on any atom is 0.248 e. The number of fused-ring (bicyclic) bond motifs is 4. The molecule has 0 unspecified atom stereocenters. The lowest BCUT2D eigenvalue weighted by atomic mass is 10.1. The van der Waals surface area contributed by atoms with E-state index in [0.29, 0.717) is 11.8 Å². The highest BCUT2D eigenvalue weighted by Gasteiger charge is 2.21. The highest BCUT2D eigenvalue weighted by Crippen LogP contribution is 2.40. The molecule has 0 atom stereocenters. The third-order valence-electron chi connectivity index (χ3n) is 7.68. The van der Waals surface area contributed by atoms with E-state index >= 15 is 0 Å². The zero-order valence-electron chi connectivity index (χ0n) is 23.0. The summed E-state index contributed by atoms with van der Waals surface area (Å²) in [7, 11) is 0. The number of hydrogen-bond acceptors (Lipinski definition) is 5. The molecule has 0 saturated carbocycles. The van der Waals surface area contributed by atoms with Crippen LogP contribution in [0.3, 0.4) is 0 Å². The summed E-state index contributed by atoms with van der Waals surface area (Å²) in [4.78, 5) is 8.69. The van der Waals surface area contributed by atoms with E-state index in [9.17, 15) is 0 Å². The van der Waals surface area contributed by atoms with Crippen LogP contribution in [0.15, 0.2) is 139 Å². The Hall–Kier alpha value is -6.08. The van der Waals surface area contributed by atoms with Crippen LogP contribution in [-0.4, -0.2) is 29.3 Å². The first-order chi connectivity index (χ1) is 21.3. The van der Waals surface area contributed by atoms with Crippen LogP contribution in [0.2, 0.25) is 0 Å². The number of para-hydroxylation sites is 1. The SMILES string of the molecule is C=C/C=C\c1cn(-c2cccnc2)c2cccc(-c3nnc(-c4cccc5c4c4ccccc4n5-c4cccnc4)o3)c12. The van der Waals surface area contributed by atoms with E-state index in [1.807, 2.05) is 67.0 Å². The maximum absolute atomic E-state index is 6.50. The smallest absolute Gasteiger partial charge is 0.248 e. The van der Waals surface area contributed by atoms with Gasteiger partial charge in [0.1, 0.15) is 0 Å². The Balaban J connectivity index is 1.33. The van der Waals surface area contributed by atoms with Gasteiger partial charge < -0.3 is 13.6 Å². The van der Waals surface area contributed by atoms with E-state index < -0.39 is 0 Å². The van der Waals surface area contributed by atoms with Crippen LogP contribution in [0.5, 0.6) is 0 Å². The van der Waals surface area contributed by atoms with Crippen molar-refractivity contribution >= 4 is 38.8 Å². The summed E-state index contributed by atoms with van der Waals surface area (Å²) in [6.07, 6.45) is 15.1. The Morgan fingerprint density at radius 1 is 0.651 bits per heavy atom. The first-order valence-electron chi connectivity index (χ1n) is 13.9. The fourth-order valence-corrected chi connectivity index (χ4v) is 5.91. The molecule has 7 heteroatoms. The van der Waals surface area contributed by atoms with Gasteiger partial charge >= 0.3 is 0 Å². The number of benzene rings is 3. The Labute approximate surface area is 246 Å². The highest BCUT2D eigenvalue weighted by molar-refractivity contribution is 6.15. The van der Waals surface area contributed by atoms with Gasteiger partial charge in [0.25, 0.3) is 0 Å². The molecule has 204 valence electrons. The average molecular weight is 557 g/mol. The second kappa shape index (κ2) is 10.1. The van der Waals surface area contributed by atoms with Crippen molar-refractivity contribution < 1.29 is 4.42 Å². The van der Waals surface area contributed by atoms with Crippen LogP contribution >= 0.6 is 0 Å². The number of nitrogens with zero attached hydrogens (tertiary/aromatic N) is 6. The molecule has 0 radical (unpaired) electrons. The van der Waals surface area contributed by atoms with Gasteiger partial charge in [0.2, 0.25) is 11.8 Å². The molecular formula is C36H24N6O. The molecule has 7 nitrogen and oxygen atoms in total. The molecule has 8 rings (SSSR count). The molecule has 0 aliphatic heterocycles. The minimum Gasteiger partial charge on any atom is -0.416 e. The third kappa shape index (κ3) is 3.98. The third-order valence-corrected chi connectivity index (χ3v) is 7.68. The Kier molecular flexibility index (Phi) is 5.79. The molecule has 43 heavy (non-hydrogen) atoms. The van der Waals surface area contributed by atoms with Crippen molar-refractivity contribution in [3.63, 3.8) is 0 Å². The molecule has 8 aromatic rings. The lowest BCUT2D eigenvalue weighted by molar-refractivity contribution is 0.586. The normalized spacial score (nSPS) is 11.7. The molecule has 0 spiro atoms. The Bertz CT molecular complexity index is 2310. The van der Waals surface area contributed by atoms with Crippen molar-refractivity contribution in [3.05, 3.63) is 140 Å². The second-order valence-corrected chi connectivity index (χ2v) is 10.1. The van der Waals surface area contributed by atoms with E-state index in [2.05, 4.69) is 84.5 Å². The first kappa shape index (κ1) is 24.7. The first-order valence-corrected chi connectivity index (χ1v) is 13.9. The van der Waals surface area contributed by atoms with Crippen molar-refractivity contribution in [3.8, 4) is 34.3 Å². The predicted octanol–water partition coefficient (Wildman–Crippen LogP) is 8.43. The van der Waals surface area contributed by atoms with Crippen molar-refractivity contribution in [1.29, 1.82) is 0 Å². The van der Waals surface area contributed by atoms with Gasteiger partial charge in [0, 0.05) is 51.4 Å². The lowest BCUT2D eigenvalue weighted by Gasteiger charge is -2.07. The molecule has 3 aromatic carbocycles. The fourth-order valence-electron chi connectivity index (χ4n) is 5.91. The number of aromatic nitrogens is 6. The van der Waals surface area contributed by atoms with Crippen LogP contribution in [0, 0.1) is 0 Å². The van der Waals surface area contributed by atoms with Gasteiger partial charge in [0.05, 0.1) is 40.3 Å². The number of pyridine rings is 2. The predicted molar refractivity (Wildman–Crippen MR) is 171 cm³/mol. The summed E-state index contributed by atoms with van der Waals surface area (Å²) < 4.78 is 10.8. The summed E-state index contributed by atoms with van der Waals surface area (Å²) >= 11 is 0. The van der Waals surface area contributed by atoms with Crippen LogP contribution in [-0.2, 0) is 0 Å². The van der Waals surface area contributed by atoms with Gasteiger partial charge in [-0.25, -0.2) is 0 Å². The molecule has 0 N–H and O–H groups in total. The minimum absolute atomic E-state index is 0.450. The molecular weight excluding hydrogens is 532 g/mol. The Morgan fingerprint density at radius 3 is 2.05 bits per heavy atom. The van der Waals surface area contributed by atoms with E-state index in [4.69, 9.17) is 4.42 Å². The van der Waals surface area contributed by atoms with Gasteiger partial charge in [-0.3, -0.25) is 9.97 Å². The summed E-state index contributed by atoms with van der Waals surface area (Å²) in [5.41, 5.74) is 7.82. The molecule has 0 saturated heterocycles. The highest BCUT2D eigenvalue weighted by atomic mass is 16.4. The van der Waals surface area contributed by atoms with E-state index in [0.717, 1.165) is 60.8 Å². The van der Waals surface area contributed by atoms with Crippen LogP contribution < -0.4 is 0 Å². The van der Waals surface area contributed by atoms with Crippen LogP contribution in [0.4, 0.5) is 0 Å². The largest absolute Gasteiger partial charge is 0.416 e. The van der Waals surface area contributed by atoms with Crippen LogP contribution in [0.1, 0.15) is 5.56 Å². The number of rotatable bonds is 6.